The van der Waals surface area contributed by atoms with Gasteiger partial charge in [-0.1, -0.05) is 23.2 Å². The van der Waals surface area contributed by atoms with Gasteiger partial charge in [0.1, 0.15) is 6.54 Å². The maximum absolute atomic E-state index is 11.7. The number of benzene rings is 1. The third-order valence-corrected chi connectivity index (χ3v) is 3.93. The van der Waals surface area contributed by atoms with Crippen LogP contribution in [0.5, 0.6) is 0 Å². The molecule has 0 unspecified atom stereocenters. The van der Waals surface area contributed by atoms with E-state index in [1.807, 2.05) is 0 Å². The molecule has 0 amide bonds. The number of hydrogen-bond acceptors (Lipinski definition) is 3. The molecule has 2 N–H and O–H groups in total. The summed E-state index contributed by atoms with van der Waals surface area (Å²) in [7, 11) is -2.85. The van der Waals surface area contributed by atoms with Crippen LogP contribution in [0.1, 0.15) is 0 Å². The van der Waals surface area contributed by atoms with E-state index in [0.29, 0.717) is 9.33 Å². The van der Waals surface area contributed by atoms with Crippen LogP contribution < -0.4 is 4.72 Å². The van der Waals surface area contributed by atoms with Crippen LogP contribution in [0, 0.1) is 0 Å². The average molecular weight is 313 g/mol. The average Bonchev–Trinajstić information content (AvgIpc) is 2.22. The van der Waals surface area contributed by atoms with Gasteiger partial charge in [0.15, 0.2) is 0 Å². The molecule has 18 heavy (non-hydrogen) atoms. The maximum Gasteiger partial charge on any atom is 0.318 e. The number of carbonyl (C=O) groups is 1. The van der Waals surface area contributed by atoms with E-state index in [-0.39, 0.29) is 10.7 Å². The van der Waals surface area contributed by atoms with E-state index in [0.717, 1.165) is 7.05 Å². The lowest BCUT2D eigenvalue weighted by Gasteiger charge is -2.17. The molecule has 9 heteroatoms. The minimum Gasteiger partial charge on any atom is -0.480 e. The minimum absolute atomic E-state index is 0.0846. The molecule has 0 radical (unpaired) electrons. The zero-order valence-electron chi connectivity index (χ0n) is 9.22. The van der Waals surface area contributed by atoms with Gasteiger partial charge in [0.25, 0.3) is 0 Å². The van der Waals surface area contributed by atoms with Gasteiger partial charge in [0.2, 0.25) is 0 Å². The fourth-order valence-electron chi connectivity index (χ4n) is 1.07. The maximum atomic E-state index is 11.7. The number of anilines is 1. The Kier molecular flexibility index (Phi) is 4.80. The van der Waals surface area contributed by atoms with E-state index in [1.165, 1.54) is 18.2 Å². The molecule has 1 aromatic carbocycles. The molecule has 0 saturated carbocycles. The second-order valence-corrected chi connectivity index (χ2v) is 6.00. The summed E-state index contributed by atoms with van der Waals surface area (Å²) in [6.45, 7) is -0.659. The number of carboxylic acids is 1. The Balaban J connectivity index is 2.95. The molecule has 0 saturated heterocycles. The number of hydrogen-bond donors (Lipinski definition) is 2. The predicted octanol–water partition coefficient (Wildman–Crippen LogP) is 1.67. The van der Waals surface area contributed by atoms with E-state index in [9.17, 15) is 13.2 Å². The van der Waals surface area contributed by atoms with Crippen molar-refractivity contribution in [2.75, 3.05) is 18.3 Å². The molecule has 0 spiro atoms. The van der Waals surface area contributed by atoms with Crippen molar-refractivity contribution in [1.82, 2.24) is 4.31 Å². The van der Waals surface area contributed by atoms with Crippen LogP contribution >= 0.6 is 23.2 Å². The fraction of sp³-hybridized carbons (Fsp3) is 0.222. The van der Waals surface area contributed by atoms with E-state index < -0.39 is 22.7 Å². The number of halogens is 2. The molecule has 0 aliphatic carbocycles. The lowest BCUT2D eigenvalue weighted by molar-refractivity contribution is -0.137. The molecule has 0 fully saturated rings. The highest BCUT2D eigenvalue weighted by Gasteiger charge is 2.21. The molecule has 0 aromatic heterocycles. The third-order valence-electron chi connectivity index (χ3n) is 1.94. The van der Waals surface area contributed by atoms with E-state index >= 15 is 0 Å². The summed E-state index contributed by atoms with van der Waals surface area (Å²) in [4.78, 5) is 10.4. The Hall–Kier alpha value is -1.02. The first-order valence-corrected chi connectivity index (χ1v) is 6.83. The van der Waals surface area contributed by atoms with Gasteiger partial charge in [-0.15, -0.1) is 0 Å². The van der Waals surface area contributed by atoms with Gasteiger partial charge in [-0.3, -0.25) is 9.52 Å². The summed E-state index contributed by atoms with van der Waals surface area (Å²) >= 11 is 11.5. The molecule has 0 atom stereocenters. The molecule has 6 nitrogen and oxygen atoms in total. The van der Waals surface area contributed by atoms with Crippen molar-refractivity contribution in [3.8, 4) is 0 Å². The van der Waals surface area contributed by atoms with Gasteiger partial charge >= 0.3 is 16.2 Å². The Bertz CT molecular complexity index is 562. The zero-order chi connectivity index (χ0) is 13.9. The fourth-order valence-corrected chi connectivity index (χ4v) is 2.34. The van der Waals surface area contributed by atoms with Crippen molar-refractivity contribution in [3.05, 3.63) is 28.2 Å². The minimum atomic E-state index is -3.99. The topological polar surface area (TPSA) is 86.7 Å². The van der Waals surface area contributed by atoms with Crippen LogP contribution in [0.25, 0.3) is 0 Å². The van der Waals surface area contributed by atoms with Gasteiger partial charge in [-0.2, -0.15) is 12.7 Å². The molecule has 1 aromatic rings. The van der Waals surface area contributed by atoms with Gasteiger partial charge in [-0.25, -0.2) is 0 Å². The lowest BCUT2D eigenvalue weighted by Crippen LogP contribution is -2.36. The van der Waals surface area contributed by atoms with Crippen LogP contribution in [-0.4, -0.2) is 37.4 Å². The number of nitrogens with one attached hydrogen (secondary N) is 1. The number of carboxylic acid groups (broad SMARTS) is 1. The number of rotatable bonds is 5. The first-order chi connectivity index (χ1) is 8.22. The van der Waals surface area contributed by atoms with Gasteiger partial charge in [0.05, 0.1) is 10.7 Å². The zero-order valence-corrected chi connectivity index (χ0v) is 11.6. The van der Waals surface area contributed by atoms with Crippen molar-refractivity contribution < 1.29 is 18.3 Å². The Morgan fingerprint density at radius 1 is 1.44 bits per heavy atom. The Labute approximate surface area is 114 Å². The van der Waals surface area contributed by atoms with Crippen molar-refractivity contribution >= 4 is 45.1 Å². The molecule has 100 valence electrons. The molecule has 0 aliphatic heterocycles. The largest absolute Gasteiger partial charge is 0.480 e. The second kappa shape index (κ2) is 5.75. The number of aliphatic carboxylic acids is 1. The molecule has 0 aliphatic rings. The molecular weight excluding hydrogens is 303 g/mol. The SMILES string of the molecule is CN(CC(=O)O)S(=O)(=O)Nc1cc(Cl)ccc1Cl. The Morgan fingerprint density at radius 2 is 2.06 bits per heavy atom. The summed E-state index contributed by atoms with van der Waals surface area (Å²) in [5.41, 5.74) is 0.0846. The summed E-state index contributed by atoms with van der Waals surface area (Å²) in [5, 5.41) is 8.99. The quantitative estimate of drug-likeness (QED) is 0.865. The van der Waals surface area contributed by atoms with Gasteiger partial charge < -0.3 is 5.11 Å². The van der Waals surface area contributed by atoms with Gasteiger partial charge in [0, 0.05) is 12.1 Å². The number of likely N-dealkylation sites (N-methyl/N-ethyl adjacent to an activating group) is 1. The highest BCUT2D eigenvalue weighted by molar-refractivity contribution is 7.90. The summed E-state index contributed by atoms with van der Waals surface area (Å²) < 4.78 is 26.3. The first-order valence-electron chi connectivity index (χ1n) is 4.63. The normalized spacial score (nSPS) is 11.6. The molecule has 0 heterocycles. The van der Waals surface area contributed by atoms with E-state index in [4.69, 9.17) is 28.3 Å². The lowest BCUT2D eigenvalue weighted by atomic mass is 10.3. The van der Waals surface area contributed by atoms with Crippen molar-refractivity contribution in [3.63, 3.8) is 0 Å². The molecular formula is C9H10Cl2N2O4S. The second-order valence-electron chi connectivity index (χ2n) is 3.38. The summed E-state index contributed by atoms with van der Waals surface area (Å²) in [6, 6.07) is 4.26. The molecule has 1 rings (SSSR count). The standard InChI is InChI=1S/C9H10Cl2N2O4S/c1-13(5-9(14)15)18(16,17)12-8-4-6(10)2-3-7(8)11/h2-4,12H,5H2,1H3,(H,14,15). The van der Waals surface area contributed by atoms with Crippen molar-refractivity contribution in [1.29, 1.82) is 0 Å². The predicted molar refractivity (Wildman–Crippen MR) is 69.3 cm³/mol. The van der Waals surface area contributed by atoms with Crippen LogP contribution in [0.3, 0.4) is 0 Å². The van der Waals surface area contributed by atoms with Crippen LogP contribution in [0.4, 0.5) is 5.69 Å². The summed E-state index contributed by atoms with van der Waals surface area (Å²) in [6.07, 6.45) is 0. The van der Waals surface area contributed by atoms with E-state index in [1.54, 1.807) is 0 Å². The Morgan fingerprint density at radius 3 is 2.61 bits per heavy atom. The number of nitrogens with zero attached hydrogens (tertiary/aromatic N) is 1. The van der Waals surface area contributed by atoms with Gasteiger partial charge in [-0.05, 0) is 18.2 Å². The van der Waals surface area contributed by atoms with Crippen molar-refractivity contribution in [2.45, 2.75) is 0 Å². The highest BCUT2D eigenvalue weighted by Crippen LogP contribution is 2.26. The van der Waals surface area contributed by atoms with Crippen LogP contribution in [0.2, 0.25) is 10.0 Å². The smallest absolute Gasteiger partial charge is 0.318 e. The monoisotopic (exact) mass is 312 g/mol. The summed E-state index contributed by atoms with van der Waals surface area (Å²) in [5.74, 6) is -1.26. The third kappa shape index (κ3) is 4.02. The van der Waals surface area contributed by atoms with Crippen LogP contribution in [0.15, 0.2) is 18.2 Å². The highest BCUT2D eigenvalue weighted by atomic mass is 35.5. The first kappa shape index (κ1) is 15.0. The van der Waals surface area contributed by atoms with Crippen molar-refractivity contribution in [2.24, 2.45) is 0 Å². The van der Waals surface area contributed by atoms with E-state index in [2.05, 4.69) is 4.72 Å². The van der Waals surface area contributed by atoms with Crippen LogP contribution in [-0.2, 0) is 15.0 Å². The molecule has 0 bridgehead atoms.